The van der Waals surface area contributed by atoms with Gasteiger partial charge in [-0.3, -0.25) is 4.79 Å². The van der Waals surface area contributed by atoms with Crippen LogP contribution in [-0.4, -0.2) is 33.8 Å². The lowest BCUT2D eigenvalue weighted by Crippen LogP contribution is -2.40. The Labute approximate surface area is 209 Å². The third kappa shape index (κ3) is 4.47. The molecular formula is C29H27N5O2. The highest BCUT2D eigenvalue weighted by molar-refractivity contribution is 5.79. The Kier molecular flexibility index (Phi) is 5.95. The maximum Gasteiger partial charge on any atom is 0.298 e. The highest BCUT2D eigenvalue weighted by atomic mass is 16.4. The van der Waals surface area contributed by atoms with Gasteiger partial charge in [0.25, 0.3) is 6.01 Å². The zero-order valence-electron chi connectivity index (χ0n) is 19.9. The third-order valence-electron chi connectivity index (χ3n) is 6.73. The first-order chi connectivity index (χ1) is 17.7. The first-order valence-electron chi connectivity index (χ1n) is 12.3. The van der Waals surface area contributed by atoms with Gasteiger partial charge in [-0.1, -0.05) is 60.7 Å². The van der Waals surface area contributed by atoms with Gasteiger partial charge in [0.2, 0.25) is 5.91 Å². The van der Waals surface area contributed by atoms with Crippen molar-refractivity contribution < 1.29 is 9.21 Å². The standard InChI is InChI=1S/C29H27N5O2/c35-28(22-15-17-33(18-16-22)29-31-25-13-7-8-14-26(25)36-29)30-19-23-20-34(24-11-5-2-6-12-24)32-27(23)21-9-3-1-4-10-21/h1-14,20,22H,15-19H2,(H,30,35). The summed E-state index contributed by atoms with van der Waals surface area (Å²) in [6.45, 7) is 1.92. The van der Waals surface area contributed by atoms with Crippen molar-refractivity contribution in [1.29, 1.82) is 0 Å². The summed E-state index contributed by atoms with van der Waals surface area (Å²) in [6.07, 6.45) is 3.53. The van der Waals surface area contributed by atoms with E-state index in [-0.39, 0.29) is 11.8 Å². The number of oxazole rings is 1. The van der Waals surface area contributed by atoms with Crippen molar-refractivity contribution in [2.45, 2.75) is 19.4 Å². The molecule has 0 atom stereocenters. The molecule has 1 aliphatic heterocycles. The lowest BCUT2D eigenvalue weighted by Gasteiger charge is -2.30. The molecule has 0 bridgehead atoms. The number of nitrogens with zero attached hydrogens (tertiary/aromatic N) is 4. The number of hydrogen-bond acceptors (Lipinski definition) is 5. The molecule has 0 spiro atoms. The van der Waals surface area contributed by atoms with Crippen LogP contribution in [0.5, 0.6) is 0 Å². The SMILES string of the molecule is O=C(NCc1cn(-c2ccccc2)nc1-c1ccccc1)C1CCN(c2nc3ccccc3o2)CC1. The lowest BCUT2D eigenvalue weighted by molar-refractivity contribution is -0.125. The molecule has 1 N–H and O–H groups in total. The molecule has 1 fully saturated rings. The first kappa shape index (κ1) is 22.1. The van der Waals surface area contributed by atoms with Crippen LogP contribution in [0.4, 0.5) is 6.01 Å². The van der Waals surface area contributed by atoms with E-state index in [1.165, 1.54) is 0 Å². The number of para-hydroxylation sites is 3. The zero-order valence-corrected chi connectivity index (χ0v) is 19.9. The molecule has 3 aromatic carbocycles. The number of carbonyl (C=O) groups is 1. The molecule has 0 unspecified atom stereocenters. The van der Waals surface area contributed by atoms with Gasteiger partial charge >= 0.3 is 0 Å². The normalized spacial score (nSPS) is 14.3. The van der Waals surface area contributed by atoms with Gasteiger partial charge in [0.1, 0.15) is 5.52 Å². The molecule has 0 radical (unpaired) electrons. The molecule has 2 aromatic heterocycles. The quantitative estimate of drug-likeness (QED) is 0.363. The molecule has 180 valence electrons. The van der Waals surface area contributed by atoms with Crippen molar-refractivity contribution in [2.24, 2.45) is 5.92 Å². The largest absolute Gasteiger partial charge is 0.423 e. The molecular weight excluding hydrogens is 450 g/mol. The van der Waals surface area contributed by atoms with Gasteiger partial charge in [-0.05, 0) is 37.1 Å². The van der Waals surface area contributed by atoms with E-state index in [1.807, 2.05) is 95.8 Å². The van der Waals surface area contributed by atoms with E-state index in [9.17, 15) is 4.79 Å². The Balaban J connectivity index is 1.13. The molecule has 5 aromatic rings. The fourth-order valence-electron chi connectivity index (χ4n) is 4.75. The fourth-order valence-corrected chi connectivity index (χ4v) is 4.75. The van der Waals surface area contributed by atoms with Gasteiger partial charge in [0.05, 0.1) is 11.4 Å². The Bertz CT molecular complexity index is 1430. The molecule has 6 rings (SSSR count). The molecule has 0 saturated carbocycles. The Morgan fingerprint density at radius 3 is 2.36 bits per heavy atom. The minimum Gasteiger partial charge on any atom is -0.423 e. The van der Waals surface area contributed by atoms with Crippen LogP contribution >= 0.6 is 0 Å². The van der Waals surface area contributed by atoms with Gasteiger partial charge in [-0.15, -0.1) is 0 Å². The number of benzene rings is 3. The number of hydrogen-bond donors (Lipinski definition) is 1. The van der Waals surface area contributed by atoms with Crippen LogP contribution in [0.3, 0.4) is 0 Å². The van der Waals surface area contributed by atoms with Crippen molar-refractivity contribution in [3.8, 4) is 16.9 Å². The summed E-state index contributed by atoms with van der Waals surface area (Å²) in [5, 5.41) is 8.01. The Morgan fingerprint density at radius 1 is 0.917 bits per heavy atom. The average Bonchev–Trinajstić information content (AvgIpc) is 3.58. The van der Waals surface area contributed by atoms with Crippen LogP contribution in [0, 0.1) is 5.92 Å². The van der Waals surface area contributed by atoms with Crippen molar-refractivity contribution in [3.05, 3.63) is 96.7 Å². The second-order valence-electron chi connectivity index (χ2n) is 9.09. The van der Waals surface area contributed by atoms with E-state index in [1.54, 1.807) is 0 Å². The minimum absolute atomic E-state index is 0.0324. The van der Waals surface area contributed by atoms with E-state index in [0.29, 0.717) is 12.6 Å². The van der Waals surface area contributed by atoms with Crippen LogP contribution in [0.25, 0.3) is 28.0 Å². The predicted molar refractivity (Wildman–Crippen MR) is 140 cm³/mol. The van der Waals surface area contributed by atoms with Crippen LogP contribution in [0.15, 0.2) is 95.5 Å². The highest BCUT2D eigenvalue weighted by Crippen LogP contribution is 2.27. The lowest BCUT2D eigenvalue weighted by atomic mass is 9.96. The van der Waals surface area contributed by atoms with Crippen molar-refractivity contribution in [2.75, 3.05) is 18.0 Å². The highest BCUT2D eigenvalue weighted by Gasteiger charge is 2.27. The molecule has 3 heterocycles. The maximum absolute atomic E-state index is 13.1. The zero-order chi connectivity index (χ0) is 24.3. The van der Waals surface area contributed by atoms with E-state index in [2.05, 4.69) is 15.2 Å². The fraction of sp³-hybridized carbons (Fsp3) is 0.207. The maximum atomic E-state index is 13.1. The second-order valence-corrected chi connectivity index (χ2v) is 9.09. The van der Waals surface area contributed by atoms with E-state index >= 15 is 0 Å². The number of amides is 1. The molecule has 1 amide bonds. The summed E-state index contributed by atoms with van der Waals surface area (Å²) < 4.78 is 7.79. The topological polar surface area (TPSA) is 76.2 Å². The van der Waals surface area contributed by atoms with E-state index in [0.717, 1.165) is 59.5 Å². The summed E-state index contributed by atoms with van der Waals surface area (Å²) in [5.41, 5.74) is 5.53. The van der Waals surface area contributed by atoms with Crippen LogP contribution in [0.1, 0.15) is 18.4 Å². The Hall–Kier alpha value is -4.39. The number of carbonyl (C=O) groups excluding carboxylic acids is 1. The number of anilines is 1. The number of nitrogens with one attached hydrogen (secondary N) is 1. The number of aromatic nitrogens is 3. The number of fused-ring (bicyclic) bond motifs is 1. The van der Waals surface area contributed by atoms with Gasteiger partial charge in [-0.25, -0.2) is 4.68 Å². The molecule has 7 nitrogen and oxygen atoms in total. The number of piperidine rings is 1. The van der Waals surface area contributed by atoms with Crippen LogP contribution < -0.4 is 10.2 Å². The smallest absolute Gasteiger partial charge is 0.298 e. The summed E-state index contributed by atoms with van der Waals surface area (Å²) in [6, 6.07) is 28.5. The van der Waals surface area contributed by atoms with Gasteiger partial charge < -0.3 is 14.6 Å². The van der Waals surface area contributed by atoms with Crippen molar-refractivity contribution in [1.82, 2.24) is 20.1 Å². The molecule has 7 heteroatoms. The monoisotopic (exact) mass is 477 g/mol. The van der Waals surface area contributed by atoms with E-state index in [4.69, 9.17) is 9.52 Å². The molecule has 0 aliphatic carbocycles. The predicted octanol–water partition coefficient (Wildman–Crippen LogP) is 5.21. The number of rotatable bonds is 6. The summed E-state index contributed by atoms with van der Waals surface area (Å²) in [7, 11) is 0. The van der Waals surface area contributed by atoms with E-state index < -0.39 is 0 Å². The van der Waals surface area contributed by atoms with Crippen LogP contribution in [-0.2, 0) is 11.3 Å². The molecule has 36 heavy (non-hydrogen) atoms. The second kappa shape index (κ2) is 9.70. The van der Waals surface area contributed by atoms with Gasteiger partial charge in [0.15, 0.2) is 5.58 Å². The molecule has 1 aliphatic rings. The van der Waals surface area contributed by atoms with Crippen molar-refractivity contribution >= 4 is 23.0 Å². The average molecular weight is 478 g/mol. The summed E-state index contributed by atoms with van der Waals surface area (Å²) >= 11 is 0. The summed E-state index contributed by atoms with van der Waals surface area (Å²) in [5.74, 6) is 0.0497. The van der Waals surface area contributed by atoms with Crippen molar-refractivity contribution in [3.63, 3.8) is 0 Å². The Morgan fingerprint density at radius 2 is 1.61 bits per heavy atom. The minimum atomic E-state index is -0.0324. The van der Waals surface area contributed by atoms with Crippen LogP contribution in [0.2, 0.25) is 0 Å². The first-order valence-corrected chi connectivity index (χ1v) is 12.3. The molecule has 1 saturated heterocycles. The third-order valence-corrected chi connectivity index (χ3v) is 6.73. The van der Waals surface area contributed by atoms with Gasteiger partial charge in [0, 0.05) is 42.9 Å². The summed E-state index contributed by atoms with van der Waals surface area (Å²) in [4.78, 5) is 19.8. The van der Waals surface area contributed by atoms with Gasteiger partial charge in [-0.2, -0.15) is 10.1 Å².